The van der Waals surface area contributed by atoms with E-state index in [1.807, 2.05) is 24.3 Å². The summed E-state index contributed by atoms with van der Waals surface area (Å²) in [6.45, 7) is 0. The average Bonchev–Trinajstić information content (AvgIpc) is 2.77. The number of cyclic esters (lactones) is 1. The molecule has 1 aromatic carbocycles. The molecule has 96 valence electrons. The number of rotatable bonds is 2. The van der Waals surface area contributed by atoms with E-state index in [4.69, 9.17) is 4.74 Å². The zero-order valence-corrected chi connectivity index (χ0v) is 10.8. The first-order valence-corrected chi connectivity index (χ1v) is 6.79. The van der Waals surface area contributed by atoms with E-state index in [0.717, 1.165) is 11.1 Å². The summed E-state index contributed by atoms with van der Waals surface area (Å²) in [5.41, 5.74) is 1.75. The van der Waals surface area contributed by atoms with Gasteiger partial charge in [-0.2, -0.15) is 0 Å². The van der Waals surface area contributed by atoms with E-state index >= 15 is 0 Å². The van der Waals surface area contributed by atoms with Gasteiger partial charge < -0.3 is 4.74 Å². The van der Waals surface area contributed by atoms with Gasteiger partial charge in [0.25, 0.3) is 0 Å². The summed E-state index contributed by atoms with van der Waals surface area (Å²) < 4.78 is 5.53. The van der Waals surface area contributed by atoms with Crippen LogP contribution >= 0.6 is 0 Å². The van der Waals surface area contributed by atoms with Crippen LogP contribution < -0.4 is 0 Å². The van der Waals surface area contributed by atoms with E-state index in [0.29, 0.717) is 6.04 Å². The van der Waals surface area contributed by atoms with Crippen molar-refractivity contribution in [3.63, 3.8) is 0 Å². The number of fused-ring (bicyclic) bond motifs is 1. The molecular weight excluding hydrogens is 226 g/mol. The van der Waals surface area contributed by atoms with Crippen molar-refractivity contribution in [1.29, 1.82) is 0 Å². The number of carbonyl (C=O) groups excluding carboxylic acids is 1. The van der Waals surface area contributed by atoms with Crippen molar-refractivity contribution in [1.82, 2.24) is 4.90 Å². The summed E-state index contributed by atoms with van der Waals surface area (Å²) in [6.07, 6.45) is 6.16. The molecule has 0 radical (unpaired) electrons. The van der Waals surface area contributed by atoms with Gasteiger partial charge in [-0.1, -0.05) is 37.5 Å². The third-order valence-corrected chi connectivity index (χ3v) is 4.19. The molecule has 0 unspecified atom stereocenters. The standard InChI is InChI=1S/C15H19NO2/c1-16(11-7-3-2-4-8-11)14-12-9-5-6-10-13(12)15(17)18-14/h5-6,9-11,14H,2-4,7-8H2,1H3/t14-/m0/s1. The number of nitrogens with zero attached hydrogens (tertiary/aromatic N) is 1. The Morgan fingerprint density at radius 2 is 1.89 bits per heavy atom. The van der Waals surface area contributed by atoms with Gasteiger partial charge in [0.1, 0.15) is 0 Å². The first-order valence-electron chi connectivity index (χ1n) is 6.79. The SMILES string of the molecule is CN(C1CCCCC1)[C@H]1OC(=O)c2ccccc21. The van der Waals surface area contributed by atoms with Crippen molar-refractivity contribution in [2.75, 3.05) is 7.05 Å². The molecule has 0 saturated heterocycles. The summed E-state index contributed by atoms with van der Waals surface area (Å²) in [6, 6.07) is 8.27. The van der Waals surface area contributed by atoms with E-state index in [1.165, 1.54) is 32.1 Å². The third-order valence-electron chi connectivity index (χ3n) is 4.19. The fourth-order valence-electron chi connectivity index (χ4n) is 3.11. The highest BCUT2D eigenvalue weighted by atomic mass is 16.6. The van der Waals surface area contributed by atoms with Gasteiger partial charge in [0.15, 0.2) is 6.23 Å². The predicted molar refractivity (Wildman–Crippen MR) is 69.2 cm³/mol. The number of hydrogen-bond acceptors (Lipinski definition) is 3. The first-order chi connectivity index (χ1) is 8.77. The van der Waals surface area contributed by atoms with E-state index in [2.05, 4.69) is 11.9 Å². The lowest BCUT2D eigenvalue weighted by molar-refractivity contribution is -0.0350. The minimum atomic E-state index is -0.184. The van der Waals surface area contributed by atoms with Gasteiger partial charge in [-0.3, -0.25) is 4.90 Å². The molecule has 0 spiro atoms. The highest BCUT2D eigenvalue weighted by Gasteiger charge is 2.36. The Morgan fingerprint density at radius 3 is 2.67 bits per heavy atom. The van der Waals surface area contributed by atoms with Gasteiger partial charge in [0.05, 0.1) is 5.56 Å². The maximum Gasteiger partial charge on any atom is 0.340 e. The van der Waals surface area contributed by atoms with Gasteiger partial charge in [0, 0.05) is 11.6 Å². The summed E-state index contributed by atoms with van der Waals surface area (Å²) in [7, 11) is 2.08. The fourth-order valence-corrected chi connectivity index (χ4v) is 3.11. The van der Waals surface area contributed by atoms with Crippen LogP contribution in [0.15, 0.2) is 24.3 Å². The molecule has 1 fully saturated rings. The molecule has 1 heterocycles. The monoisotopic (exact) mass is 245 g/mol. The molecule has 3 rings (SSSR count). The quantitative estimate of drug-likeness (QED) is 0.750. The van der Waals surface area contributed by atoms with Crippen molar-refractivity contribution < 1.29 is 9.53 Å². The summed E-state index contributed by atoms with van der Waals surface area (Å²) in [5, 5.41) is 0. The molecular formula is C15H19NO2. The lowest BCUT2D eigenvalue weighted by atomic mass is 9.94. The van der Waals surface area contributed by atoms with E-state index < -0.39 is 0 Å². The molecule has 0 bridgehead atoms. The molecule has 3 heteroatoms. The number of benzene rings is 1. The zero-order chi connectivity index (χ0) is 12.5. The lowest BCUT2D eigenvalue weighted by Gasteiger charge is -2.34. The Kier molecular flexibility index (Phi) is 3.08. The molecule has 0 N–H and O–H groups in total. The Labute approximate surface area is 108 Å². The van der Waals surface area contributed by atoms with Crippen LogP contribution in [0, 0.1) is 0 Å². The second-order valence-electron chi connectivity index (χ2n) is 5.30. The molecule has 1 aromatic rings. The second kappa shape index (κ2) is 4.73. The van der Waals surface area contributed by atoms with Gasteiger partial charge >= 0.3 is 5.97 Å². The van der Waals surface area contributed by atoms with Crippen molar-refractivity contribution in [3.05, 3.63) is 35.4 Å². The van der Waals surface area contributed by atoms with Gasteiger partial charge in [-0.25, -0.2) is 4.79 Å². The van der Waals surface area contributed by atoms with Crippen LogP contribution in [0.2, 0.25) is 0 Å². The molecule has 3 nitrogen and oxygen atoms in total. The Morgan fingerprint density at radius 1 is 1.17 bits per heavy atom. The molecule has 1 aliphatic heterocycles. The van der Waals surface area contributed by atoms with Crippen LogP contribution in [0.3, 0.4) is 0 Å². The van der Waals surface area contributed by atoms with E-state index in [1.54, 1.807) is 0 Å². The smallest absolute Gasteiger partial charge is 0.340 e. The number of ether oxygens (including phenoxy) is 1. The van der Waals surface area contributed by atoms with Crippen molar-refractivity contribution in [3.8, 4) is 0 Å². The van der Waals surface area contributed by atoms with Gasteiger partial charge in [0.2, 0.25) is 0 Å². The molecule has 18 heavy (non-hydrogen) atoms. The largest absolute Gasteiger partial charge is 0.438 e. The molecule has 0 aromatic heterocycles. The van der Waals surface area contributed by atoms with Crippen LogP contribution in [0.5, 0.6) is 0 Å². The predicted octanol–water partition coefficient (Wildman–Crippen LogP) is 3.12. The van der Waals surface area contributed by atoms with Crippen LogP contribution in [-0.4, -0.2) is 24.0 Å². The van der Waals surface area contributed by atoms with Crippen LogP contribution in [0.25, 0.3) is 0 Å². The summed E-state index contributed by atoms with van der Waals surface area (Å²) in [4.78, 5) is 14.1. The Balaban J connectivity index is 1.83. The lowest BCUT2D eigenvalue weighted by Crippen LogP contribution is -2.36. The Hall–Kier alpha value is -1.35. The minimum absolute atomic E-state index is 0.182. The van der Waals surface area contributed by atoms with Crippen LogP contribution in [0.1, 0.15) is 54.3 Å². The maximum absolute atomic E-state index is 11.8. The zero-order valence-electron chi connectivity index (χ0n) is 10.8. The Bertz CT molecular complexity index is 452. The summed E-state index contributed by atoms with van der Waals surface area (Å²) >= 11 is 0. The maximum atomic E-state index is 11.8. The van der Waals surface area contributed by atoms with Crippen molar-refractivity contribution in [2.24, 2.45) is 0 Å². The average molecular weight is 245 g/mol. The number of hydrogen-bond donors (Lipinski definition) is 0. The highest BCUT2D eigenvalue weighted by molar-refractivity contribution is 5.93. The molecule has 1 atom stereocenters. The first kappa shape index (κ1) is 11.7. The topological polar surface area (TPSA) is 29.5 Å². The van der Waals surface area contributed by atoms with Gasteiger partial charge in [-0.15, -0.1) is 0 Å². The van der Waals surface area contributed by atoms with Crippen LogP contribution in [0.4, 0.5) is 0 Å². The van der Waals surface area contributed by atoms with Crippen LogP contribution in [-0.2, 0) is 4.74 Å². The molecule has 1 saturated carbocycles. The van der Waals surface area contributed by atoms with Crippen molar-refractivity contribution >= 4 is 5.97 Å². The fraction of sp³-hybridized carbons (Fsp3) is 0.533. The second-order valence-corrected chi connectivity index (χ2v) is 5.30. The third kappa shape index (κ3) is 1.93. The number of carbonyl (C=O) groups is 1. The van der Waals surface area contributed by atoms with Crippen molar-refractivity contribution in [2.45, 2.75) is 44.4 Å². The number of esters is 1. The van der Waals surface area contributed by atoms with E-state index in [9.17, 15) is 4.79 Å². The molecule has 1 aliphatic carbocycles. The molecule has 2 aliphatic rings. The van der Waals surface area contributed by atoms with Gasteiger partial charge in [-0.05, 0) is 26.0 Å². The normalized spacial score (nSPS) is 24.1. The minimum Gasteiger partial charge on any atom is -0.438 e. The van der Waals surface area contributed by atoms with E-state index in [-0.39, 0.29) is 12.2 Å². The molecule has 0 amide bonds. The summed E-state index contributed by atoms with van der Waals surface area (Å²) in [5.74, 6) is -0.182. The highest BCUT2D eigenvalue weighted by Crippen LogP contribution is 2.36.